The molecule has 2 heterocycles. The van der Waals surface area contributed by atoms with Crippen molar-refractivity contribution in [3.05, 3.63) is 46.1 Å². The monoisotopic (exact) mass is 369 g/mol. The summed E-state index contributed by atoms with van der Waals surface area (Å²) in [4.78, 5) is 21.6. The van der Waals surface area contributed by atoms with Gasteiger partial charge in [0.2, 0.25) is 5.28 Å². The molecule has 1 aliphatic heterocycles. The van der Waals surface area contributed by atoms with Gasteiger partial charge >= 0.3 is 5.97 Å². The van der Waals surface area contributed by atoms with E-state index in [0.29, 0.717) is 18.1 Å². The number of benzene rings is 1. The molecule has 0 spiro atoms. The fourth-order valence-electron chi connectivity index (χ4n) is 3.02. The summed E-state index contributed by atoms with van der Waals surface area (Å²) in [7, 11) is 1.34. The largest absolute Gasteiger partial charge is 0.469 e. The van der Waals surface area contributed by atoms with Crippen molar-refractivity contribution in [2.24, 2.45) is 0 Å². The van der Waals surface area contributed by atoms with Crippen LogP contribution in [-0.4, -0.2) is 29.6 Å². The highest BCUT2D eigenvalue weighted by Gasteiger charge is 2.42. The molecule has 1 unspecified atom stereocenters. The Morgan fingerprint density at radius 3 is 2.92 bits per heavy atom. The molecule has 3 rings (SSSR count). The summed E-state index contributed by atoms with van der Waals surface area (Å²) in [5.41, 5.74) is 0.842. The fraction of sp³-hybridized carbons (Fsp3) is 0.312. The summed E-state index contributed by atoms with van der Waals surface area (Å²) < 4.78 is 18.6. The number of esters is 1. The van der Waals surface area contributed by atoms with Crippen molar-refractivity contribution >= 4 is 40.7 Å². The number of ether oxygens (including phenoxy) is 1. The number of hydrogen-bond donors (Lipinski definition) is 0. The summed E-state index contributed by atoms with van der Waals surface area (Å²) in [6, 6.07) is 4.43. The number of halogens is 3. The van der Waals surface area contributed by atoms with E-state index in [9.17, 15) is 9.18 Å². The lowest BCUT2D eigenvalue weighted by molar-refractivity contribution is -0.141. The van der Waals surface area contributed by atoms with Gasteiger partial charge < -0.3 is 9.64 Å². The zero-order valence-corrected chi connectivity index (χ0v) is 14.5. The number of rotatable bonds is 3. The second-order valence-corrected chi connectivity index (χ2v) is 6.62. The van der Waals surface area contributed by atoms with Crippen molar-refractivity contribution < 1.29 is 13.9 Å². The molecule has 1 atom stereocenters. The van der Waals surface area contributed by atoms with Crippen LogP contribution < -0.4 is 4.90 Å². The SMILES string of the molecule is COC(=O)CC1(C)CN(c2nc(Cl)ncc2Cl)c2cc(F)ccc21. The van der Waals surface area contributed by atoms with Crippen LogP contribution in [-0.2, 0) is 14.9 Å². The average molecular weight is 370 g/mol. The molecule has 0 radical (unpaired) electrons. The first kappa shape index (κ1) is 16.9. The van der Waals surface area contributed by atoms with Gasteiger partial charge in [0.05, 0.1) is 19.7 Å². The van der Waals surface area contributed by atoms with Gasteiger partial charge in [-0.2, -0.15) is 4.98 Å². The van der Waals surface area contributed by atoms with Crippen LogP contribution in [0.4, 0.5) is 15.9 Å². The van der Waals surface area contributed by atoms with E-state index in [1.807, 2.05) is 6.92 Å². The highest BCUT2D eigenvalue weighted by Crippen LogP contribution is 2.47. The number of fused-ring (bicyclic) bond motifs is 1. The topological polar surface area (TPSA) is 55.3 Å². The average Bonchev–Trinajstić information content (AvgIpc) is 2.81. The normalized spacial score (nSPS) is 19.3. The van der Waals surface area contributed by atoms with Crippen molar-refractivity contribution in [3.8, 4) is 0 Å². The van der Waals surface area contributed by atoms with Crippen LogP contribution in [0.1, 0.15) is 18.9 Å². The Kier molecular flexibility index (Phi) is 4.36. The highest BCUT2D eigenvalue weighted by molar-refractivity contribution is 6.33. The molecule has 0 aliphatic carbocycles. The van der Waals surface area contributed by atoms with E-state index in [1.165, 1.54) is 25.4 Å². The van der Waals surface area contributed by atoms with E-state index >= 15 is 0 Å². The molecule has 0 N–H and O–H groups in total. The van der Waals surface area contributed by atoms with Crippen LogP contribution in [0.25, 0.3) is 0 Å². The molecular formula is C16H14Cl2FN3O2. The Hall–Kier alpha value is -1.92. The van der Waals surface area contributed by atoms with Crippen LogP contribution in [0.15, 0.2) is 24.4 Å². The van der Waals surface area contributed by atoms with E-state index in [0.717, 1.165) is 5.56 Å². The lowest BCUT2D eigenvalue weighted by Crippen LogP contribution is -2.31. The molecule has 8 heteroatoms. The number of anilines is 2. The minimum Gasteiger partial charge on any atom is -0.469 e. The Labute approximate surface area is 148 Å². The maximum Gasteiger partial charge on any atom is 0.306 e. The van der Waals surface area contributed by atoms with Gasteiger partial charge in [-0.15, -0.1) is 0 Å². The van der Waals surface area contributed by atoms with Crippen molar-refractivity contribution in [2.75, 3.05) is 18.6 Å². The van der Waals surface area contributed by atoms with E-state index in [4.69, 9.17) is 27.9 Å². The quantitative estimate of drug-likeness (QED) is 0.606. The van der Waals surface area contributed by atoms with Crippen LogP contribution in [0.3, 0.4) is 0 Å². The maximum atomic E-state index is 13.8. The molecule has 0 saturated heterocycles. The molecule has 0 fully saturated rings. The third-order valence-corrected chi connectivity index (χ3v) is 4.57. The zero-order chi connectivity index (χ0) is 17.5. The molecule has 126 valence electrons. The first-order chi connectivity index (χ1) is 11.3. The Balaban J connectivity index is 2.12. The van der Waals surface area contributed by atoms with Gasteiger partial charge in [-0.25, -0.2) is 9.37 Å². The lowest BCUT2D eigenvalue weighted by Gasteiger charge is -2.25. The summed E-state index contributed by atoms with van der Waals surface area (Å²) in [6.45, 7) is 2.30. The van der Waals surface area contributed by atoms with Crippen LogP contribution in [0.5, 0.6) is 0 Å². The highest BCUT2D eigenvalue weighted by atomic mass is 35.5. The number of carbonyl (C=O) groups is 1. The van der Waals surface area contributed by atoms with E-state index < -0.39 is 11.2 Å². The molecule has 2 aromatic rings. The summed E-state index contributed by atoms with van der Waals surface area (Å²) in [6.07, 6.45) is 1.54. The molecule has 5 nitrogen and oxygen atoms in total. The van der Waals surface area contributed by atoms with Gasteiger partial charge in [0.1, 0.15) is 10.8 Å². The fourth-order valence-corrected chi connectivity index (χ4v) is 3.34. The van der Waals surface area contributed by atoms with Gasteiger partial charge in [0.15, 0.2) is 5.82 Å². The third kappa shape index (κ3) is 2.91. The molecule has 1 aliphatic rings. The van der Waals surface area contributed by atoms with Crippen LogP contribution >= 0.6 is 23.2 Å². The van der Waals surface area contributed by atoms with E-state index in [-0.39, 0.29) is 22.7 Å². The summed E-state index contributed by atoms with van der Waals surface area (Å²) in [5, 5.41) is 0.325. The van der Waals surface area contributed by atoms with Crippen molar-refractivity contribution in [1.82, 2.24) is 9.97 Å². The van der Waals surface area contributed by atoms with E-state index in [2.05, 4.69) is 9.97 Å². The predicted molar refractivity (Wildman–Crippen MR) is 89.4 cm³/mol. The van der Waals surface area contributed by atoms with Gasteiger partial charge in [0.25, 0.3) is 0 Å². The minimum absolute atomic E-state index is 0.0360. The number of hydrogen-bond acceptors (Lipinski definition) is 5. The van der Waals surface area contributed by atoms with Crippen molar-refractivity contribution in [2.45, 2.75) is 18.8 Å². The van der Waals surface area contributed by atoms with Gasteiger partial charge in [-0.05, 0) is 29.3 Å². The smallest absolute Gasteiger partial charge is 0.306 e. The first-order valence-corrected chi connectivity index (χ1v) is 7.92. The second-order valence-electron chi connectivity index (χ2n) is 5.87. The number of methoxy groups -OCH3 is 1. The van der Waals surface area contributed by atoms with Crippen molar-refractivity contribution in [1.29, 1.82) is 0 Å². The molecule has 0 bridgehead atoms. The minimum atomic E-state index is -0.573. The third-order valence-electron chi connectivity index (χ3n) is 4.12. The Bertz CT molecular complexity index is 818. The molecule has 0 amide bonds. The lowest BCUT2D eigenvalue weighted by atomic mass is 9.81. The standard InChI is InChI=1S/C16H14Cl2FN3O2/c1-16(6-13(23)24-2)8-22(12-5-9(19)3-4-10(12)16)14-11(17)7-20-15(18)21-14/h3-5,7H,6,8H2,1-2H3. The van der Waals surface area contributed by atoms with Crippen molar-refractivity contribution in [3.63, 3.8) is 0 Å². The van der Waals surface area contributed by atoms with Crippen LogP contribution in [0, 0.1) is 5.82 Å². The second kappa shape index (κ2) is 6.18. The Morgan fingerprint density at radius 2 is 2.21 bits per heavy atom. The maximum absolute atomic E-state index is 13.8. The van der Waals surface area contributed by atoms with E-state index in [1.54, 1.807) is 11.0 Å². The number of carbonyl (C=O) groups excluding carboxylic acids is 1. The first-order valence-electron chi connectivity index (χ1n) is 7.16. The molecule has 24 heavy (non-hydrogen) atoms. The molecular weight excluding hydrogens is 356 g/mol. The predicted octanol–water partition coefficient (Wildman–Crippen LogP) is 3.90. The molecule has 0 saturated carbocycles. The summed E-state index contributed by atoms with van der Waals surface area (Å²) >= 11 is 12.1. The van der Waals surface area contributed by atoms with Gasteiger partial charge in [-0.3, -0.25) is 4.79 Å². The number of nitrogens with zero attached hydrogens (tertiary/aromatic N) is 3. The zero-order valence-electron chi connectivity index (χ0n) is 13.0. The molecule has 1 aromatic heterocycles. The Morgan fingerprint density at radius 1 is 1.46 bits per heavy atom. The van der Waals surface area contributed by atoms with Gasteiger partial charge in [-0.1, -0.05) is 24.6 Å². The molecule has 1 aromatic carbocycles. The van der Waals surface area contributed by atoms with Crippen LogP contribution in [0.2, 0.25) is 10.3 Å². The van der Waals surface area contributed by atoms with Gasteiger partial charge in [0, 0.05) is 17.6 Å². The number of aromatic nitrogens is 2. The summed E-state index contributed by atoms with van der Waals surface area (Å²) in [5.74, 6) is -0.365.